The van der Waals surface area contributed by atoms with Crippen molar-refractivity contribution in [2.75, 3.05) is 18.5 Å². The summed E-state index contributed by atoms with van der Waals surface area (Å²) < 4.78 is 5.69. The fourth-order valence-corrected chi connectivity index (χ4v) is 3.06. The number of fused-ring (bicyclic) bond motifs is 1. The average Bonchev–Trinajstić information content (AvgIpc) is 3.14. The number of nitrogens with one attached hydrogen (secondary N) is 2. The maximum absolute atomic E-state index is 12.3. The molecule has 3 rings (SSSR count). The third kappa shape index (κ3) is 4.67. The van der Waals surface area contributed by atoms with Gasteiger partial charge in [-0.05, 0) is 66.8 Å². The largest absolute Gasteiger partial charge is 0.507 e. The summed E-state index contributed by atoms with van der Waals surface area (Å²) in [6, 6.07) is 10.4. The number of carbonyl (C=O) groups is 2. The molecule has 0 spiro atoms. The fraction of sp³-hybridized carbons (Fsp3) is 0.238. The SMILES string of the molecule is C=CC(=O)Nc1ccc(O)c(C(=O)NCCOc2ccc3c(c2)CCC3)c1. The maximum atomic E-state index is 12.3. The highest BCUT2D eigenvalue weighted by Gasteiger charge is 2.13. The van der Waals surface area contributed by atoms with Gasteiger partial charge in [-0.15, -0.1) is 0 Å². The van der Waals surface area contributed by atoms with Crippen LogP contribution in [0.3, 0.4) is 0 Å². The van der Waals surface area contributed by atoms with Crippen molar-refractivity contribution in [3.63, 3.8) is 0 Å². The Labute approximate surface area is 157 Å². The number of phenols is 1. The lowest BCUT2D eigenvalue weighted by Crippen LogP contribution is -2.28. The second-order valence-electron chi connectivity index (χ2n) is 6.31. The molecule has 2 aromatic rings. The van der Waals surface area contributed by atoms with E-state index >= 15 is 0 Å². The van der Waals surface area contributed by atoms with E-state index in [9.17, 15) is 14.7 Å². The van der Waals surface area contributed by atoms with Crippen LogP contribution >= 0.6 is 0 Å². The second-order valence-corrected chi connectivity index (χ2v) is 6.31. The van der Waals surface area contributed by atoms with Crippen LogP contribution in [-0.2, 0) is 17.6 Å². The summed E-state index contributed by atoms with van der Waals surface area (Å²) in [5.41, 5.74) is 3.20. The van der Waals surface area contributed by atoms with E-state index in [0.717, 1.165) is 24.7 Å². The zero-order valence-electron chi connectivity index (χ0n) is 15.0. The lowest BCUT2D eigenvalue weighted by Gasteiger charge is -2.11. The summed E-state index contributed by atoms with van der Waals surface area (Å²) in [4.78, 5) is 23.6. The molecule has 0 aliphatic heterocycles. The summed E-state index contributed by atoms with van der Waals surface area (Å²) >= 11 is 0. The van der Waals surface area contributed by atoms with Crippen molar-refractivity contribution in [3.8, 4) is 11.5 Å². The van der Waals surface area contributed by atoms with Crippen LogP contribution in [0.15, 0.2) is 49.1 Å². The molecule has 0 fully saturated rings. The molecule has 1 aliphatic rings. The van der Waals surface area contributed by atoms with E-state index in [1.54, 1.807) is 0 Å². The highest BCUT2D eigenvalue weighted by molar-refractivity contribution is 6.01. The molecule has 0 aromatic heterocycles. The highest BCUT2D eigenvalue weighted by Crippen LogP contribution is 2.26. The summed E-state index contributed by atoms with van der Waals surface area (Å²) in [5, 5.41) is 15.1. The predicted octanol–water partition coefficient (Wildman–Crippen LogP) is 2.81. The van der Waals surface area contributed by atoms with Crippen LogP contribution in [0, 0.1) is 0 Å². The van der Waals surface area contributed by atoms with Crippen molar-refractivity contribution < 1.29 is 19.4 Å². The third-order valence-corrected chi connectivity index (χ3v) is 4.42. The summed E-state index contributed by atoms with van der Waals surface area (Å²) in [7, 11) is 0. The van der Waals surface area contributed by atoms with Crippen molar-refractivity contribution in [1.82, 2.24) is 5.32 Å². The van der Waals surface area contributed by atoms with Gasteiger partial charge in [0, 0.05) is 5.69 Å². The minimum absolute atomic E-state index is 0.0781. The number of aryl methyl sites for hydroxylation is 2. The van der Waals surface area contributed by atoms with Gasteiger partial charge >= 0.3 is 0 Å². The van der Waals surface area contributed by atoms with Crippen LogP contribution in [0.1, 0.15) is 27.9 Å². The van der Waals surface area contributed by atoms with E-state index in [2.05, 4.69) is 29.3 Å². The number of hydrogen-bond acceptors (Lipinski definition) is 4. The molecule has 1 aliphatic carbocycles. The highest BCUT2D eigenvalue weighted by atomic mass is 16.5. The number of benzene rings is 2. The van der Waals surface area contributed by atoms with Gasteiger partial charge in [-0.25, -0.2) is 0 Å². The zero-order chi connectivity index (χ0) is 19.2. The first-order valence-electron chi connectivity index (χ1n) is 8.86. The third-order valence-electron chi connectivity index (χ3n) is 4.42. The number of rotatable bonds is 7. The molecule has 0 unspecified atom stereocenters. The summed E-state index contributed by atoms with van der Waals surface area (Å²) in [6.07, 6.45) is 4.52. The van der Waals surface area contributed by atoms with Gasteiger partial charge in [0.2, 0.25) is 5.91 Å². The average molecular weight is 366 g/mol. The Morgan fingerprint density at radius 1 is 1.15 bits per heavy atom. The Morgan fingerprint density at radius 3 is 2.78 bits per heavy atom. The lowest BCUT2D eigenvalue weighted by molar-refractivity contribution is -0.111. The Hall–Kier alpha value is -3.28. The van der Waals surface area contributed by atoms with Gasteiger partial charge in [0.1, 0.15) is 18.1 Å². The van der Waals surface area contributed by atoms with Crippen molar-refractivity contribution >= 4 is 17.5 Å². The van der Waals surface area contributed by atoms with Crippen LogP contribution < -0.4 is 15.4 Å². The van der Waals surface area contributed by atoms with E-state index < -0.39 is 11.8 Å². The van der Waals surface area contributed by atoms with E-state index in [1.165, 1.54) is 35.7 Å². The molecule has 3 N–H and O–H groups in total. The molecule has 0 bridgehead atoms. The summed E-state index contributed by atoms with van der Waals surface area (Å²) in [5.74, 6) is -0.208. The Morgan fingerprint density at radius 2 is 1.96 bits per heavy atom. The molecule has 27 heavy (non-hydrogen) atoms. The molecule has 140 valence electrons. The van der Waals surface area contributed by atoms with Gasteiger partial charge in [0.15, 0.2) is 0 Å². The molecule has 0 saturated carbocycles. The minimum atomic E-state index is -0.445. The quantitative estimate of drug-likeness (QED) is 0.399. The smallest absolute Gasteiger partial charge is 0.255 e. The van der Waals surface area contributed by atoms with Gasteiger partial charge in [-0.1, -0.05) is 12.6 Å². The number of phenolic OH excluding ortho intramolecular Hbond substituents is 1. The normalized spacial score (nSPS) is 12.1. The first-order chi connectivity index (χ1) is 13.1. The standard InChI is InChI=1S/C21H22N2O4/c1-2-20(25)23-16-7-9-19(24)18(13-16)21(26)22-10-11-27-17-8-6-14-4-3-5-15(14)12-17/h2,6-9,12-13,24H,1,3-5,10-11H2,(H,22,26)(H,23,25). The van der Waals surface area contributed by atoms with Gasteiger partial charge in [-0.2, -0.15) is 0 Å². The number of aromatic hydroxyl groups is 1. The molecule has 6 nitrogen and oxygen atoms in total. The van der Waals surface area contributed by atoms with Crippen LogP contribution in [-0.4, -0.2) is 30.1 Å². The van der Waals surface area contributed by atoms with E-state index in [0.29, 0.717) is 18.8 Å². The number of hydrogen-bond donors (Lipinski definition) is 3. The van der Waals surface area contributed by atoms with Gasteiger partial charge < -0.3 is 20.5 Å². The van der Waals surface area contributed by atoms with Crippen molar-refractivity contribution in [1.29, 1.82) is 0 Å². The predicted molar refractivity (Wildman–Crippen MR) is 103 cm³/mol. The first-order valence-corrected chi connectivity index (χ1v) is 8.86. The monoisotopic (exact) mass is 366 g/mol. The fourth-order valence-electron chi connectivity index (χ4n) is 3.06. The molecule has 2 aromatic carbocycles. The number of anilines is 1. The molecular weight excluding hydrogens is 344 g/mol. The van der Waals surface area contributed by atoms with Crippen LogP contribution in [0.2, 0.25) is 0 Å². The van der Waals surface area contributed by atoms with Crippen LogP contribution in [0.5, 0.6) is 11.5 Å². The van der Waals surface area contributed by atoms with Crippen LogP contribution in [0.4, 0.5) is 5.69 Å². The number of carbonyl (C=O) groups excluding carboxylic acids is 2. The molecular formula is C21H22N2O4. The first kappa shape index (κ1) is 18.5. The van der Waals surface area contributed by atoms with E-state index in [4.69, 9.17) is 4.74 Å². The van der Waals surface area contributed by atoms with E-state index in [-0.39, 0.29) is 11.3 Å². The van der Waals surface area contributed by atoms with Gasteiger partial charge in [-0.3, -0.25) is 9.59 Å². The Kier molecular flexibility index (Phi) is 5.76. The van der Waals surface area contributed by atoms with Gasteiger partial charge in [0.25, 0.3) is 5.91 Å². The maximum Gasteiger partial charge on any atom is 0.255 e. The molecule has 2 amide bonds. The molecule has 0 saturated heterocycles. The van der Waals surface area contributed by atoms with Crippen molar-refractivity contribution in [2.24, 2.45) is 0 Å². The lowest BCUT2D eigenvalue weighted by atomic mass is 10.1. The van der Waals surface area contributed by atoms with E-state index in [1.807, 2.05) is 6.07 Å². The Bertz CT molecular complexity index is 876. The molecule has 0 radical (unpaired) electrons. The summed E-state index contributed by atoms with van der Waals surface area (Å²) in [6.45, 7) is 3.98. The molecule has 0 atom stereocenters. The molecule has 0 heterocycles. The Balaban J connectivity index is 1.52. The number of ether oxygens (including phenoxy) is 1. The van der Waals surface area contributed by atoms with Crippen LogP contribution in [0.25, 0.3) is 0 Å². The minimum Gasteiger partial charge on any atom is -0.507 e. The van der Waals surface area contributed by atoms with Gasteiger partial charge in [0.05, 0.1) is 12.1 Å². The topological polar surface area (TPSA) is 87.7 Å². The second kappa shape index (κ2) is 8.40. The zero-order valence-corrected chi connectivity index (χ0v) is 15.0. The van der Waals surface area contributed by atoms with Crippen molar-refractivity contribution in [3.05, 3.63) is 65.7 Å². The number of amides is 2. The van der Waals surface area contributed by atoms with Crippen molar-refractivity contribution in [2.45, 2.75) is 19.3 Å². The molecule has 6 heteroatoms.